The van der Waals surface area contributed by atoms with Gasteiger partial charge in [0.15, 0.2) is 24.7 Å². The van der Waals surface area contributed by atoms with Gasteiger partial charge in [0.1, 0.15) is 11.5 Å². The highest BCUT2D eigenvalue weighted by Gasteiger charge is 2.11. The summed E-state index contributed by atoms with van der Waals surface area (Å²) in [6.45, 7) is -0.410. The molecule has 0 heterocycles. The van der Waals surface area contributed by atoms with Crippen molar-refractivity contribution in [3.8, 4) is 23.0 Å². The molecule has 0 saturated carbocycles. The van der Waals surface area contributed by atoms with E-state index in [9.17, 15) is 9.59 Å². The van der Waals surface area contributed by atoms with Gasteiger partial charge in [-0.3, -0.25) is 9.59 Å². The summed E-state index contributed by atoms with van der Waals surface area (Å²) in [5.41, 5.74) is 3.65. The Balaban J connectivity index is 1.28. The van der Waals surface area contributed by atoms with Crippen LogP contribution in [0.1, 0.15) is 5.56 Å². The first-order valence-electron chi connectivity index (χ1n) is 11.7. The molecular formula is C29H27N3O6. The van der Waals surface area contributed by atoms with Crippen LogP contribution in [0.2, 0.25) is 0 Å². The predicted octanol–water partition coefficient (Wildman–Crippen LogP) is 4.40. The molecule has 4 rings (SSSR count). The van der Waals surface area contributed by atoms with Gasteiger partial charge in [0.2, 0.25) is 0 Å². The van der Waals surface area contributed by atoms with Crippen LogP contribution in [0.25, 0.3) is 10.8 Å². The van der Waals surface area contributed by atoms with Gasteiger partial charge in [-0.2, -0.15) is 5.10 Å². The number of anilines is 1. The van der Waals surface area contributed by atoms with Gasteiger partial charge in [-0.05, 0) is 47.3 Å². The normalized spacial score (nSPS) is 10.7. The van der Waals surface area contributed by atoms with Crippen LogP contribution in [0.15, 0.2) is 90.0 Å². The Morgan fingerprint density at radius 1 is 0.737 bits per heavy atom. The number of hydrazone groups is 1. The fourth-order valence-electron chi connectivity index (χ4n) is 3.64. The summed E-state index contributed by atoms with van der Waals surface area (Å²) in [5.74, 6) is 1.21. The summed E-state index contributed by atoms with van der Waals surface area (Å²) in [4.78, 5) is 24.5. The lowest BCUT2D eigenvalue weighted by Gasteiger charge is -2.12. The van der Waals surface area contributed by atoms with Crippen molar-refractivity contribution in [3.63, 3.8) is 0 Å². The van der Waals surface area contributed by atoms with Gasteiger partial charge in [-0.15, -0.1) is 0 Å². The van der Waals surface area contributed by atoms with Crippen LogP contribution >= 0.6 is 0 Å². The minimum Gasteiger partial charge on any atom is -0.495 e. The van der Waals surface area contributed by atoms with E-state index in [1.807, 2.05) is 48.5 Å². The van der Waals surface area contributed by atoms with Gasteiger partial charge in [0.05, 0.1) is 26.1 Å². The first-order chi connectivity index (χ1) is 18.6. The van der Waals surface area contributed by atoms with Crippen LogP contribution in [0.4, 0.5) is 5.69 Å². The Hall–Kier alpha value is -5.05. The Morgan fingerprint density at radius 3 is 2.26 bits per heavy atom. The van der Waals surface area contributed by atoms with Gasteiger partial charge in [-0.1, -0.05) is 48.5 Å². The zero-order valence-electron chi connectivity index (χ0n) is 21.0. The second-order valence-corrected chi connectivity index (χ2v) is 8.01. The van der Waals surface area contributed by atoms with Crippen molar-refractivity contribution < 1.29 is 28.5 Å². The van der Waals surface area contributed by atoms with E-state index in [-0.39, 0.29) is 19.1 Å². The van der Waals surface area contributed by atoms with Crippen molar-refractivity contribution in [2.24, 2.45) is 5.10 Å². The molecule has 0 atom stereocenters. The average Bonchev–Trinajstić information content (AvgIpc) is 2.95. The van der Waals surface area contributed by atoms with E-state index in [1.165, 1.54) is 20.4 Å². The average molecular weight is 514 g/mol. The third-order valence-electron chi connectivity index (χ3n) is 5.44. The lowest BCUT2D eigenvalue weighted by Crippen LogP contribution is -2.24. The number of para-hydroxylation sites is 2. The molecule has 38 heavy (non-hydrogen) atoms. The summed E-state index contributed by atoms with van der Waals surface area (Å²) in [6, 6.07) is 25.6. The number of nitrogens with one attached hydrogen (secondary N) is 2. The van der Waals surface area contributed by atoms with Crippen molar-refractivity contribution in [3.05, 3.63) is 90.5 Å². The molecule has 4 aromatic carbocycles. The number of hydrogen-bond donors (Lipinski definition) is 2. The third kappa shape index (κ3) is 6.79. The van der Waals surface area contributed by atoms with Crippen LogP contribution in [-0.2, 0) is 9.59 Å². The molecule has 2 amide bonds. The van der Waals surface area contributed by atoms with Crippen molar-refractivity contribution in [1.29, 1.82) is 0 Å². The second-order valence-electron chi connectivity index (χ2n) is 8.01. The summed E-state index contributed by atoms with van der Waals surface area (Å²) in [6.07, 6.45) is 1.47. The van der Waals surface area contributed by atoms with Crippen molar-refractivity contribution >= 4 is 34.5 Å². The topological polar surface area (TPSA) is 107 Å². The Bertz CT molecular complexity index is 1450. The highest BCUT2D eigenvalue weighted by molar-refractivity contribution is 5.93. The first kappa shape index (κ1) is 26.0. The van der Waals surface area contributed by atoms with Crippen LogP contribution in [0.5, 0.6) is 23.0 Å². The van der Waals surface area contributed by atoms with E-state index in [2.05, 4.69) is 15.8 Å². The fourth-order valence-corrected chi connectivity index (χ4v) is 3.64. The molecule has 0 aromatic heterocycles. The molecule has 194 valence electrons. The van der Waals surface area contributed by atoms with Crippen molar-refractivity contribution in [1.82, 2.24) is 5.43 Å². The zero-order chi connectivity index (χ0) is 26.7. The Kier molecular flexibility index (Phi) is 8.75. The smallest absolute Gasteiger partial charge is 0.277 e. The zero-order valence-corrected chi connectivity index (χ0v) is 21.0. The van der Waals surface area contributed by atoms with E-state index >= 15 is 0 Å². The molecule has 0 aliphatic rings. The maximum absolute atomic E-state index is 12.3. The molecule has 9 heteroatoms. The molecule has 0 aliphatic heterocycles. The summed E-state index contributed by atoms with van der Waals surface area (Å²) in [7, 11) is 3.02. The van der Waals surface area contributed by atoms with Gasteiger partial charge in [-0.25, -0.2) is 5.43 Å². The second kappa shape index (κ2) is 12.8. The largest absolute Gasteiger partial charge is 0.495 e. The van der Waals surface area contributed by atoms with E-state index < -0.39 is 5.91 Å². The molecule has 0 spiro atoms. The van der Waals surface area contributed by atoms with E-state index in [0.717, 1.165) is 10.8 Å². The molecule has 0 saturated heterocycles. The minimum absolute atomic E-state index is 0.182. The fraction of sp³-hybridized carbons (Fsp3) is 0.138. The number of hydrogen-bond acceptors (Lipinski definition) is 7. The molecule has 0 fully saturated rings. The van der Waals surface area contributed by atoms with Gasteiger partial charge < -0.3 is 24.3 Å². The van der Waals surface area contributed by atoms with Gasteiger partial charge in [0, 0.05) is 5.39 Å². The molecule has 2 N–H and O–H groups in total. The summed E-state index contributed by atoms with van der Waals surface area (Å²) in [5, 5.41) is 8.69. The van der Waals surface area contributed by atoms with Crippen LogP contribution in [-0.4, -0.2) is 45.5 Å². The molecular weight excluding hydrogens is 486 g/mol. The van der Waals surface area contributed by atoms with Crippen LogP contribution < -0.4 is 29.7 Å². The van der Waals surface area contributed by atoms with E-state index in [0.29, 0.717) is 34.2 Å². The SMILES string of the molecule is COc1ccccc1NC(=O)COc1ccc(/C=N/NC(=O)COc2cccc3ccccc23)cc1OC. The van der Waals surface area contributed by atoms with Crippen LogP contribution in [0, 0.1) is 0 Å². The number of carbonyl (C=O) groups excluding carboxylic acids is 2. The number of methoxy groups -OCH3 is 2. The highest BCUT2D eigenvalue weighted by atomic mass is 16.5. The first-order valence-corrected chi connectivity index (χ1v) is 11.7. The number of amides is 2. The number of fused-ring (bicyclic) bond motifs is 1. The quantitative estimate of drug-likeness (QED) is 0.227. The Labute approximate surface area is 220 Å². The van der Waals surface area contributed by atoms with Crippen molar-refractivity contribution in [2.45, 2.75) is 0 Å². The van der Waals surface area contributed by atoms with E-state index in [4.69, 9.17) is 18.9 Å². The monoisotopic (exact) mass is 513 g/mol. The van der Waals surface area contributed by atoms with Crippen LogP contribution in [0.3, 0.4) is 0 Å². The number of rotatable bonds is 11. The predicted molar refractivity (Wildman–Crippen MR) is 145 cm³/mol. The Morgan fingerprint density at radius 2 is 1.42 bits per heavy atom. The lowest BCUT2D eigenvalue weighted by molar-refractivity contribution is -0.123. The molecule has 9 nitrogen and oxygen atoms in total. The van der Waals surface area contributed by atoms with Gasteiger partial charge in [0.25, 0.3) is 11.8 Å². The number of carbonyl (C=O) groups is 2. The highest BCUT2D eigenvalue weighted by Crippen LogP contribution is 2.28. The molecule has 0 radical (unpaired) electrons. The lowest BCUT2D eigenvalue weighted by atomic mass is 10.1. The maximum atomic E-state index is 12.3. The number of ether oxygens (including phenoxy) is 4. The van der Waals surface area contributed by atoms with Crippen molar-refractivity contribution in [2.75, 3.05) is 32.8 Å². The van der Waals surface area contributed by atoms with E-state index in [1.54, 1.807) is 36.4 Å². The summed E-state index contributed by atoms with van der Waals surface area (Å²) >= 11 is 0. The molecule has 4 aromatic rings. The molecule has 0 aliphatic carbocycles. The number of nitrogens with zero attached hydrogens (tertiary/aromatic N) is 1. The molecule has 0 bridgehead atoms. The minimum atomic E-state index is -0.401. The van der Waals surface area contributed by atoms with Gasteiger partial charge >= 0.3 is 0 Å². The molecule has 0 unspecified atom stereocenters. The third-order valence-corrected chi connectivity index (χ3v) is 5.44. The standard InChI is InChI=1S/C29H27N3O6/c1-35-25-12-6-5-11-23(25)31-28(33)18-38-26-15-14-20(16-27(26)36-2)17-30-32-29(34)19-37-24-13-7-9-21-8-3-4-10-22(21)24/h3-17H,18-19H2,1-2H3,(H,31,33)(H,32,34)/b30-17+. The number of benzene rings is 4. The summed E-state index contributed by atoms with van der Waals surface area (Å²) < 4.78 is 21.9. The maximum Gasteiger partial charge on any atom is 0.277 e.